The van der Waals surface area contributed by atoms with E-state index in [9.17, 15) is 0 Å². The van der Waals surface area contributed by atoms with Crippen LogP contribution in [0.1, 0.15) is 56.6 Å². The molecule has 3 aliphatic carbocycles. The van der Waals surface area contributed by atoms with Gasteiger partial charge in [-0.05, 0) is 60.1 Å². The zero-order chi connectivity index (χ0) is 20.1. The van der Waals surface area contributed by atoms with Crippen molar-refractivity contribution in [2.75, 3.05) is 26.2 Å². The Balaban J connectivity index is 1.22. The normalized spacial score (nSPS) is 28.3. The number of fused-ring (bicyclic) bond motifs is 2. The molecular weight excluding hydrogens is 352 g/mol. The van der Waals surface area contributed by atoms with Gasteiger partial charge in [-0.1, -0.05) is 80.9 Å². The lowest BCUT2D eigenvalue weighted by atomic mass is 9.44. The Morgan fingerprint density at radius 2 is 1.52 bits per heavy atom. The Bertz CT molecular complexity index is 702. The van der Waals surface area contributed by atoms with Crippen molar-refractivity contribution in [1.29, 1.82) is 0 Å². The smallest absolute Gasteiger partial charge is 0.0214 e. The second kappa shape index (κ2) is 9.45. The van der Waals surface area contributed by atoms with Gasteiger partial charge in [0.1, 0.15) is 0 Å². The molecule has 0 amide bonds. The van der Waals surface area contributed by atoms with Crippen LogP contribution >= 0.6 is 0 Å². The van der Waals surface area contributed by atoms with E-state index >= 15 is 0 Å². The van der Waals surface area contributed by atoms with Gasteiger partial charge in [-0.25, -0.2) is 0 Å². The molecule has 4 atom stereocenters. The molecule has 0 radical (unpaired) electrons. The number of hydrogen-bond donors (Lipinski definition) is 2. The van der Waals surface area contributed by atoms with E-state index in [-0.39, 0.29) is 0 Å². The minimum atomic E-state index is 0.410. The summed E-state index contributed by atoms with van der Waals surface area (Å²) in [6.45, 7) is 9.22. The van der Waals surface area contributed by atoms with Gasteiger partial charge in [0, 0.05) is 25.6 Å². The molecule has 0 aromatic heterocycles. The van der Waals surface area contributed by atoms with Crippen LogP contribution in [0.15, 0.2) is 60.7 Å². The van der Waals surface area contributed by atoms with Gasteiger partial charge < -0.3 is 10.6 Å². The average Bonchev–Trinajstić information content (AvgIpc) is 2.79. The van der Waals surface area contributed by atoms with Crippen LogP contribution in [0, 0.1) is 23.2 Å². The number of hydrogen-bond acceptors (Lipinski definition) is 2. The summed E-state index contributed by atoms with van der Waals surface area (Å²) in [7, 11) is 0. The largest absolute Gasteiger partial charge is 0.315 e. The third kappa shape index (κ3) is 4.44. The third-order valence-corrected chi connectivity index (χ3v) is 8.17. The summed E-state index contributed by atoms with van der Waals surface area (Å²) in [5, 5.41) is 7.47. The fraction of sp³-hybridized carbons (Fsp3) is 0.556. The lowest BCUT2D eigenvalue weighted by Gasteiger charge is -2.61. The van der Waals surface area contributed by atoms with Gasteiger partial charge in [0.15, 0.2) is 0 Å². The molecule has 2 aromatic carbocycles. The monoisotopic (exact) mass is 390 g/mol. The minimum Gasteiger partial charge on any atom is -0.315 e. The van der Waals surface area contributed by atoms with Gasteiger partial charge in [-0.3, -0.25) is 0 Å². The van der Waals surface area contributed by atoms with Crippen LogP contribution in [0.4, 0.5) is 0 Å². The minimum absolute atomic E-state index is 0.410. The van der Waals surface area contributed by atoms with Crippen LogP contribution in [0.25, 0.3) is 0 Å². The first-order valence-corrected chi connectivity index (χ1v) is 11.7. The second-order valence-corrected chi connectivity index (χ2v) is 9.52. The highest BCUT2D eigenvalue weighted by atomic mass is 14.9. The molecule has 3 saturated carbocycles. The third-order valence-electron chi connectivity index (χ3n) is 8.17. The summed E-state index contributed by atoms with van der Waals surface area (Å²) in [6.07, 6.45) is 5.75. The molecule has 5 rings (SSSR count). The van der Waals surface area contributed by atoms with Gasteiger partial charge in [-0.2, -0.15) is 0 Å². The van der Waals surface area contributed by atoms with E-state index in [4.69, 9.17) is 0 Å². The first-order valence-electron chi connectivity index (χ1n) is 11.7. The molecule has 29 heavy (non-hydrogen) atoms. The number of benzene rings is 2. The Morgan fingerprint density at radius 1 is 0.897 bits per heavy atom. The van der Waals surface area contributed by atoms with Crippen LogP contribution in [0.5, 0.6) is 0 Å². The van der Waals surface area contributed by atoms with Gasteiger partial charge >= 0.3 is 0 Å². The molecule has 2 heteroatoms. The lowest BCUT2D eigenvalue weighted by molar-refractivity contribution is -0.119. The lowest BCUT2D eigenvalue weighted by Crippen LogP contribution is -2.55. The van der Waals surface area contributed by atoms with Crippen molar-refractivity contribution < 1.29 is 0 Å². The van der Waals surface area contributed by atoms with E-state index < -0.39 is 0 Å². The fourth-order valence-electron chi connectivity index (χ4n) is 6.09. The SMILES string of the molecule is CCC1(C)C2CC[C@@H](CNCCNCC(c3ccccc3)c3ccccc3)C1C2. The first-order chi connectivity index (χ1) is 14.2. The average molecular weight is 391 g/mol. The predicted octanol–water partition coefficient (Wildman–Crippen LogP) is 5.46. The summed E-state index contributed by atoms with van der Waals surface area (Å²) >= 11 is 0. The molecule has 0 heterocycles. The molecule has 156 valence electrons. The molecule has 2 N–H and O–H groups in total. The molecule has 3 unspecified atom stereocenters. The maximum absolute atomic E-state index is 3.76. The van der Waals surface area contributed by atoms with Crippen LogP contribution in [0.3, 0.4) is 0 Å². The van der Waals surface area contributed by atoms with Crippen molar-refractivity contribution in [3.63, 3.8) is 0 Å². The fourth-order valence-corrected chi connectivity index (χ4v) is 6.09. The highest BCUT2D eigenvalue weighted by Gasteiger charge is 2.55. The summed E-state index contributed by atoms with van der Waals surface area (Å²) in [5.74, 6) is 3.29. The van der Waals surface area contributed by atoms with E-state index in [1.54, 1.807) is 0 Å². The quantitative estimate of drug-likeness (QED) is 0.526. The molecule has 2 nitrogen and oxygen atoms in total. The zero-order valence-electron chi connectivity index (χ0n) is 18.2. The molecule has 0 saturated heterocycles. The van der Waals surface area contributed by atoms with Crippen LogP contribution in [-0.2, 0) is 0 Å². The van der Waals surface area contributed by atoms with E-state index in [0.29, 0.717) is 11.3 Å². The molecule has 0 spiro atoms. The Labute approximate surface area is 177 Å². The molecule has 0 aliphatic heterocycles. The molecule has 2 aromatic rings. The van der Waals surface area contributed by atoms with E-state index in [1.807, 2.05) is 0 Å². The van der Waals surface area contributed by atoms with Gasteiger partial charge in [0.2, 0.25) is 0 Å². The maximum Gasteiger partial charge on any atom is 0.0214 e. The predicted molar refractivity (Wildman–Crippen MR) is 123 cm³/mol. The molecule has 3 fully saturated rings. The Morgan fingerprint density at radius 3 is 2.10 bits per heavy atom. The van der Waals surface area contributed by atoms with Gasteiger partial charge in [-0.15, -0.1) is 0 Å². The summed E-state index contributed by atoms with van der Waals surface area (Å²) < 4.78 is 0. The summed E-state index contributed by atoms with van der Waals surface area (Å²) in [5.41, 5.74) is 3.42. The maximum atomic E-state index is 3.76. The molecule has 2 bridgehead atoms. The van der Waals surface area contributed by atoms with Crippen LogP contribution in [0.2, 0.25) is 0 Å². The zero-order valence-corrected chi connectivity index (χ0v) is 18.2. The van der Waals surface area contributed by atoms with Crippen LogP contribution < -0.4 is 10.6 Å². The highest BCUT2D eigenvalue weighted by molar-refractivity contribution is 5.32. The number of rotatable bonds is 10. The molecule has 3 aliphatic rings. The van der Waals surface area contributed by atoms with Crippen molar-refractivity contribution in [3.05, 3.63) is 71.8 Å². The van der Waals surface area contributed by atoms with E-state index in [2.05, 4.69) is 85.1 Å². The summed E-state index contributed by atoms with van der Waals surface area (Å²) in [4.78, 5) is 0. The van der Waals surface area contributed by atoms with Crippen LogP contribution in [-0.4, -0.2) is 26.2 Å². The number of nitrogens with one attached hydrogen (secondary N) is 2. The van der Waals surface area contributed by atoms with Crippen molar-refractivity contribution in [2.24, 2.45) is 23.2 Å². The topological polar surface area (TPSA) is 24.1 Å². The van der Waals surface area contributed by atoms with Crippen molar-refractivity contribution in [3.8, 4) is 0 Å². The van der Waals surface area contributed by atoms with Gasteiger partial charge in [0.05, 0.1) is 0 Å². The second-order valence-electron chi connectivity index (χ2n) is 9.52. The first kappa shape index (κ1) is 20.6. The molecular formula is C27H38N2. The van der Waals surface area contributed by atoms with Crippen molar-refractivity contribution in [1.82, 2.24) is 10.6 Å². The standard InChI is InChI=1S/C27H38N2/c1-3-27(2)24-15-14-23(26(27)18-24)19-28-16-17-29-20-25(21-10-6-4-7-11-21)22-12-8-5-9-13-22/h4-13,23-26,28-29H,3,14-20H2,1-2H3/t23-,24?,26?,27?/m0/s1. The summed E-state index contributed by atoms with van der Waals surface area (Å²) in [6, 6.07) is 21.8. The van der Waals surface area contributed by atoms with Crippen molar-refractivity contribution >= 4 is 0 Å². The van der Waals surface area contributed by atoms with E-state index in [1.165, 1.54) is 43.4 Å². The van der Waals surface area contributed by atoms with Gasteiger partial charge in [0.25, 0.3) is 0 Å². The van der Waals surface area contributed by atoms with E-state index in [0.717, 1.165) is 37.4 Å². The Hall–Kier alpha value is -1.64. The highest BCUT2D eigenvalue weighted by Crippen LogP contribution is 2.62. The van der Waals surface area contributed by atoms with Crippen molar-refractivity contribution in [2.45, 2.75) is 45.4 Å². The Kier molecular flexibility index (Phi) is 6.72.